The summed E-state index contributed by atoms with van der Waals surface area (Å²) in [6.45, 7) is 2.56. The first-order chi connectivity index (χ1) is 12.6. The molecule has 0 fully saturated rings. The number of aryl methyl sites for hydroxylation is 3. The van der Waals surface area contributed by atoms with Gasteiger partial charge in [0.05, 0.1) is 19.2 Å². The Labute approximate surface area is 154 Å². The van der Waals surface area contributed by atoms with Crippen molar-refractivity contribution in [3.8, 4) is 0 Å². The van der Waals surface area contributed by atoms with Crippen LogP contribution in [0, 0.1) is 0 Å². The molecule has 0 aliphatic heterocycles. The van der Waals surface area contributed by atoms with E-state index in [1.807, 2.05) is 24.7 Å². The molecule has 0 radical (unpaired) electrons. The average Bonchev–Trinajstić information content (AvgIpc) is 3.05. The van der Waals surface area contributed by atoms with Gasteiger partial charge in [-0.2, -0.15) is 0 Å². The van der Waals surface area contributed by atoms with E-state index in [1.54, 1.807) is 11.1 Å². The van der Waals surface area contributed by atoms with Crippen molar-refractivity contribution in [1.29, 1.82) is 0 Å². The first-order valence-corrected chi connectivity index (χ1v) is 9.32. The zero-order chi connectivity index (χ0) is 18.5. The quantitative estimate of drug-likeness (QED) is 0.836. The Morgan fingerprint density at radius 1 is 1.35 bits per heavy atom. The molecule has 1 aliphatic carbocycles. The van der Waals surface area contributed by atoms with Gasteiger partial charge in [0.25, 0.3) is 0 Å². The number of amides is 2. The van der Waals surface area contributed by atoms with E-state index in [1.165, 1.54) is 24.0 Å². The summed E-state index contributed by atoms with van der Waals surface area (Å²) in [6.07, 6.45) is 8.34. The van der Waals surface area contributed by atoms with Gasteiger partial charge in [0.1, 0.15) is 5.82 Å². The Balaban J connectivity index is 1.67. The molecule has 0 saturated carbocycles. The van der Waals surface area contributed by atoms with Crippen LogP contribution in [0.25, 0.3) is 0 Å². The highest BCUT2D eigenvalue weighted by atomic mass is 16.3. The molecule has 1 aromatic carbocycles. The molecule has 2 amide bonds. The van der Waals surface area contributed by atoms with Crippen molar-refractivity contribution in [2.75, 3.05) is 13.2 Å². The standard InChI is InChI=1S/C20H28N4O2/c1-15(17-8-7-16-5-3-4-6-18(16)13-17)22-20(26)24(11-12-25)14-19-21-9-10-23(19)2/h7-10,13,15,25H,3-6,11-12,14H2,1-2H3,(H,22,26)/t15-/m1/s1. The zero-order valence-electron chi connectivity index (χ0n) is 15.6. The molecule has 26 heavy (non-hydrogen) atoms. The van der Waals surface area contributed by atoms with E-state index in [9.17, 15) is 9.90 Å². The number of carbonyl (C=O) groups excluding carboxylic acids is 1. The van der Waals surface area contributed by atoms with Gasteiger partial charge in [0.2, 0.25) is 0 Å². The van der Waals surface area contributed by atoms with E-state index in [-0.39, 0.29) is 25.2 Å². The van der Waals surface area contributed by atoms with Crippen molar-refractivity contribution < 1.29 is 9.90 Å². The van der Waals surface area contributed by atoms with Crippen LogP contribution < -0.4 is 5.32 Å². The fraction of sp³-hybridized carbons (Fsp3) is 0.500. The number of rotatable bonds is 6. The maximum atomic E-state index is 12.7. The molecule has 3 rings (SSSR count). The monoisotopic (exact) mass is 356 g/mol. The maximum Gasteiger partial charge on any atom is 0.318 e. The predicted octanol–water partition coefficient (Wildman–Crippen LogP) is 2.56. The summed E-state index contributed by atoms with van der Waals surface area (Å²) in [5, 5.41) is 12.4. The Morgan fingerprint density at radius 3 is 2.81 bits per heavy atom. The van der Waals surface area contributed by atoms with Crippen molar-refractivity contribution in [2.45, 2.75) is 45.2 Å². The lowest BCUT2D eigenvalue weighted by Gasteiger charge is -2.25. The van der Waals surface area contributed by atoms with Gasteiger partial charge in [-0.25, -0.2) is 9.78 Å². The van der Waals surface area contributed by atoms with E-state index in [0.29, 0.717) is 6.54 Å². The Kier molecular flexibility index (Phi) is 5.93. The number of nitrogens with one attached hydrogen (secondary N) is 1. The Bertz CT molecular complexity index is 756. The van der Waals surface area contributed by atoms with Crippen molar-refractivity contribution in [1.82, 2.24) is 19.8 Å². The number of nitrogens with zero attached hydrogens (tertiary/aromatic N) is 3. The molecule has 6 nitrogen and oxygen atoms in total. The molecular formula is C20H28N4O2. The first-order valence-electron chi connectivity index (χ1n) is 9.32. The third-order valence-corrected chi connectivity index (χ3v) is 5.12. The normalized spacial score (nSPS) is 14.6. The van der Waals surface area contributed by atoms with Gasteiger partial charge in [-0.15, -0.1) is 0 Å². The van der Waals surface area contributed by atoms with Crippen LogP contribution >= 0.6 is 0 Å². The summed E-state index contributed by atoms with van der Waals surface area (Å²) in [4.78, 5) is 18.6. The van der Waals surface area contributed by atoms with E-state index >= 15 is 0 Å². The number of aliphatic hydroxyl groups excluding tert-OH is 1. The minimum Gasteiger partial charge on any atom is -0.395 e. The molecule has 1 aromatic heterocycles. The number of fused-ring (bicyclic) bond motifs is 1. The molecule has 0 spiro atoms. The predicted molar refractivity (Wildman–Crippen MR) is 101 cm³/mol. The van der Waals surface area contributed by atoms with Crippen molar-refractivity contribution in [3.05, 3.63) is 53.1 Å². The van der Waals surface area contributed by atoms with Crippen LogP contribution in [0.1, 0.15) is 48.3 Å². The van der Waals surface area contributed by atoms with Gasteiger partial charge >= 0.3 is 6.03 Å². The van der Waals surface area contributed by atoms with Crippen LogP contribution in [-0.2, 0) is 26.4 Å². The van der Waals surface area contributed by atoms with Crippen LogP contribution in [0.3, 0.4) is 0 Å². The third-order valence-electron chi connectivity index (χ3n) is 5.12. The smallest absolute Gasteiger partial charge is 0.318 e. The number of hydrogen-bond donors (Lipinski definition) is 2. The van der Waals surface area contributed by atoms with Gasteiger partial charge in [-0.3, -0.25) is 0 Å². The summed E-state index contributed by atoms with van der Waals surface area (Å²) in [6, 6.07) is 6.27. The van der Waals surface area contributed by atoms with Crippen LogP contribution in [0.2, 0.25) is 0 Å². The molecule has 0 saturated heterocycles. The second-order valence-electron chi connectivity index (χ2n) is 7.01. The first kappa shape index (κ1) is 18.5. The van der Waals surface area contributed by atoms with E-state index in [0.717, 1.165) is 24.2 Å². The molecule has 1 heterocycles. The van der Waals surface area contributed by atoms with Crippen molar-refractivity contribution >= 4 is 6.03 Å². The minimum atomic E-state index is -0.188. The lowest BCUT2D eigenvalue weighted by molar-refractivity contribution is 0.169. The molecule has 1 aliphatic rings. The summed E-state index contributed by atoms with van der Waals surface area (Å²) in [5.74, 6) is 0.787. The lowest BCUT2D eigenvalue weighted by Crippen LogP contribution is -2.42. The number of aliphatic hydroxyl groups is 1. The highest BCUT2D eigenvalue weighted by Gasteiger charge is 2.19. The number of imidazole rings is 1. The lowest BCUT2D eigenvalue weighted by atomic mass is 9.89. The number of carbonyl (C=O) groups is 1. The maximum absolute atomic E-state index is 12.7. The zero-order valence-corrected chi connectivity index (χ0v) is 15.6. The number of aromatic nitrogens is 2. The Morgan fingerprint density at radius 2 is 2.12 bits per heavy atom. The van der Waals surface area contributed by atoms with Crippen LogP contribution in [0.4, 0.5) is 4.79 Å². The van der Waals surface area contributed by atoms with E-state index in [4.69, 9.17) is 0 Å². The summed E-state index contributed by atoms with van der Waals surface area (Å²) in [7, 11) is 1.90. The minimum absolute atomic E-state index is 0.0783. The van der Waals surface area contributed by atoms with Crippen molar-refractivity contribution in [3.63, 3.8) is 0 Å². The summed E-state index contributed by atoms with van der Waals surface area (Å²) < 4.78 is 1.88. The van der Waals surface area contributed by atoms with Gasteiger partial charge in [0, 0.05) is 26.0 Å². The molecule has 6 heteroatoms. The summed E-state index contributed by atoms with van der Waals surface area (Å²) >= 11 is 0. The highest BCUT2D eigenvalue weighted by Crippen LogP contribution is 2.24. The average molecular weight is 356 g/mol. The van der Waals surface area contributed by atoms with Crippen molar-refractivity contribution in [2.24, 2.45) is 7.05 Å². The topological polar surface area (TPSA) is 70.4 Å². The SMILES string of the molecule is C[C@@H](NC(=O)N(CCO)Cc1nccn1C)c1ccc2c(c1)CCCC2. The molecule has 2 N–H and O–H groups in total. The van der Waals surface area contributed by atoms with Crippen LogP contribution in [0.5, 0.6) is 0 Å². The third kappa shape index (κ3) is 4.25. The molecule has 1 atom stereocenters. The van der Waals surface area contributed by atoms with Gasteiger partial charge in [0.15, 0.2) is 0 Å². The van der Waals surface area contributed by atoms with Gasteiger partial charge in [-0.1, -0.05) is 18.2 Å². The van der Waals surface area contributed by atoms with E-state index < -0.39 is 0 Å². The fourth-order valence-electron chi connectivity index (χ4n) is 3.48. The molecule has 0 bridgehead atoms. The van der Waals surface area contributed by atoms with Crippen LogP contribution in [-0.4, -0.2) is 38.7 Å². The van der Waals surface area contributed by atoms with Gasteiger partial charge in [-0.05, 0) is 49.3 Å². The molecule has 0 unspecified atom stereocenters. The second kappa shape index (κ2) is 8.36. The number of urea groups is 1. The summed E-state index contributed by atoms with van der Waals surface area (Å²) in [5.41, 5.74) is 3.98. The molecular weight excluding hydrogens is 328 g/mol. The fourth-order valence-corrected chi connectivity index (χ4v) is 3.48. The Hall–Kier alpha value is -2.34. The largest absolute Gasteiger partial charge is 0.395 e. The number of hydrogen-bond acceptors (Lipinski definition) is 3. The molecule has 140 valence electrons. The highest BCUT2D eigenvalue weighted by molar-refractivity contribution is 5.74. The van der Waals surface area contributed by atoms with Gasteiger partial charge < -0.3 is 19.9 Å². The second-order valence-corrected chi connectivity index (χ2v) is 7.01. The molecule has 2 aromatic rings. The number of benzene rings is 1. The van der Waals surface area contributed by atoms with E-state index in [2.05, 4.69) is 28.5 Å². The van der Waals surface area contributed by atoms with Crippen LogP contribution in [0.15, 0.2) is 30.6 Å².